The number of oxime groups is 1. The summed E-state index contributed by atoms with van der Waals surface area (Å²) in [5.41, 5.74) is 6.45. The van der Waals surface area contributed by atoms with Crippen LogP contribution in [0.2, 0.25) is 0 Å². The Bertz CT molecular complexity index is 489. The lowest BCUT2D eigenvalue weighted by Gasteiger charge is -2.29. The first-order chi connectivity index (χ1) is 9.86. The Labute approximate surface area is 125 Å². The van der Waals surface area contributed by atoms with Gasteiger partial charge >= 0.3 is 0 Å². The molecule has 0 atom stereocenters. The van der Waals surface area contributed by atoms with Gasteiger partial charge in [-0.1, -0.05) is 25.1 Å². The van der Waals surface area contributed by atoms with Crippen LogP contribution in [0, 0.1) is 11.7 Å². The molecule has 0 aromatic heterocycles. The first-order valence-corrected chi connectivity index (χ1v) is 7.02. The Hall–Kier alpha value is -1.82. The Balaban J connectivity index is 3.20. The van der Waals surface area contributed by atoms with Gasteiger partial charge in [0.25, 0.3) is 0 Å². The van der Waals surface area contributed by atoms with E-state index in [-0.39, 0.29) is 11.4 Å². The molecule has 0 fully saturated rings. The smallest absolute Gasteiger partial charge is 0.175 e. The van der Waals surface area contributed by atoms with Gasteiger partial charge in [-0.15, -0.1) is 0 Å². The molecule has 0 saturated carbocycles. The quantitative estimate of drug-likeness (QED) is 0.349. The van der Waals surface area contributed by atoms with Crippen molar-refractivity contribution in [3.8, 4) is 0 Å². The predicted octanol–water partition coefficient (Wildman–Crippen LogP) is 1.94. The molecule has 5 nitrogen and oxygen atoms in total. The minimum absolute atomic E-state index is 0.152. The number of rotatable bonds is 7. The Morgan fingerprint density at radius 3 is 2.52 bits per heavy atom. The number of hydrogen-bond acceptors (Lipinski definition) is 4. The molecule has 1 aromatic carbocycles. The first-order valence-electron chi connectivity index (χ1n) is 7.02. The molecule has 0 heterocycles. The number of nitrogens with zero attached hydrogens (tertiary/aromatic N) is 3. The van der Waals surface area contributed by atoms with E-state index >= 15 is 0 Å². The molecule has 0 unspecified atom stereocenters. The molecular weight excluding hydrogens is 271 g/mol. The van der Waals surface area contributed by atoms with Gasteiger partial charge in [0.05, 0.1) is 11.3 Å². The number of benzene rings is 1. The van der Waals surface area contributed by atoms with Crippen molar-refractivity contribution in [2.45, 2.75) is 13.8 Å². The van der Waals surface area contributed by atoms with Gasteiger partial charge in [-0.05, 0) is 32.1 Å². The van der Waals surface area contributed by atoms with Crippen molar-refractivity contribution in [2.75, 3.05) is 38.6 Å². The highest BCUT2D eigenvalue weighted by Gasteiger charge is 2.19. The minimum atomic E-state index is -0.485. The van der Waals surface area contributed by atoms with Gasteiger partial charge in [-0.3, -0.25) is 0 Å². The molecular formula is C15H25FN4O. The summed E-state index contributed by atoms with van der Waals surface area (Å²) in [7, 11) is 3.98. The summed E-state index contributed by atoms with van der Waals surface area (Å²) in [6, 6.07) is 4.76. The van der Waals surface area contributed by atoms with E-state index in [2.05, 4.69) is 28.8 Å². The van der Waals surface area contributed by atoms with Gasteiger partial charge < -0.3 is 20.7 Å². The van der Waals surface area contributed by atoms with Crippen LogP contribution in [-0.4, -0.2) is 49.7 Å². The van der Waals surface area contributed by atoms with E-state index < -0.39 is 5.82 Å². The maximum absolute atomic E-state index is 14.1. The average molecular weight is 296 g/mol. The van der Waals surface area contributed by atoms with Gasteiger partial charge in [0.1, 0.15) is 5.82 Å². The van der Waals surface area contributed by atoms with Crippen molar-refractivity contribution in [1.82, 2.24) is 4.90 Å². The fourth-order valence-corrected chi connectivity index (χ4v) is 2.15. The van der Waals surface area contributed by atoms with Gasteiger partial charge in [0.15, 0.2) is 5.84 Å². The maximum atomic E-state index is 14.1. The van der Waals surface area contributed by atoms with Gasteiger partial charge in [-0.2, -0.15) is 0 Å². The molecule has 6 heteroatoms. The summed E-state index contributed by atoms with van der Waals surface area (Å²) >= 11 is 0. The highest BCUT2D eigenvalue weighted by atomic mass is 19.1. The highest BCUT2D eigenvalue weighted by Crippen LogP contribution is 2.24. The van der Waals surface area contributed by atoms with Crippen molar-refractivity contribution >= 4 is 11.5 Å². The lowest BCUT2D eigenvalue weighted by atomic mass is 10.1. The zero-order chi connectivity index (χ0) is 16.0. The second kappa shape index (κ2) is 7.83. The van der Waals surface area contributed by atoms with Gasteiger partial charge in [-0.25, -0.2) is 4.39 Å². The third kappa shape index (κ3) is 4.90. The van der Waals surface area contributed by atoms with Gasteiger partial charge in [0.2, 0.25) is 0 Å². The van der Waals surface area contributed by atoms with Crippen LogP contribution in [0.25, 0.3) is 0 Å². The van der Waals surface area contributed by atoms with E-state index in [1.54, 1.807) is 12.1 Å². The topological polar surface area (TPSA) is 65.1 Å². The number of halogens is 1. The molecule has 0 aliphatic rings. The molecule has 0 saturated heterocycles. The van der Waals surface area contributed by atoms with Crippen LogP contribution in [0.3, 0.4) is 0 Å². The summed E-state index contributed by atoms with van der Waals surface area (Å²) in [6.45, 7) is 6.54. The molecule has 0 radical (unpaired) electrons. The summed E-state index contributed by atoms with van der Waals surface area (Å²) in [5, 5.41) is 11.8. The van der Waals surface area contributed by atoms with E-state index in [9.17, 15) is 4.39 Å². The zero-order valence-corrected chi connectivity index (χ0v) is 13.2. The molecule has 0 spiro atoms. The molecule has 1 rings (SSSR count). The van der Waals surface area contributed by atoms with Crippen LogP contribution in [-0.2, 0) is 0 Å². The second-order valence-electron chi connectivity index (χ2n) is 5.76. The van der Waals surface area contributed by atoms with Crippen molar-refractivity contribution in [3.05, 3.63) is 29.6 Å². The van der Waals surface area contributed by atoms with E-state index in [1.165, 1.54) is 6.07 Å². The van der Waals surface area contributed by atoms with E-state index in [0.29, 0.717) is 11.6 Å². The van der Waals surface area contributed by atoms with Crippen molar-refractivity contribution in [2.24, 2.45) is 16.8 Å². The molecule has 0 amide bonds. The summed E-state index contributed by atoms with van der Waals surface area (Å²) in [4.78, 5) is 4.14. The number of nitrogens with two attached hydrogens (primary N) is 1. The molecule has 21 heavy (non-hydrogen) atoms. The fraction of sp³-hybridized carbons (Fsp3) is 0.533. The number of amidine groups is 1. The molecule has 1 aromatic rings. The van der Waals surface area contributed by atoms with Crippen LogP contribution in [0.4, 0.5) is 10.1 Å². The van der Waals surface area contributed by atoms with E-state index in [1.807, 2.05) is 14.1 Å². The van der Waals surface area contributed by atoms with Crippen LogP contribution in [0.5, 0.6) is 0 Å². The van der Waals surface area contributed by atoms with E-state index in [0.717, 1.165) is 19.6 Å². The van der Waals surface area contributed by atoms with Crippen LogP contribution in [0.15, 0.2) is 23.4 Å². The summed E-state index contributed by atoms with van der Waals surface area (Å²) in [5.74, 6) is -0.279. The number of likely N-dealkylation sites (N-methyl/N-ethyl adjacent to an activating group) is 1. The predicted molar refractivity (Wildman–Crippen MR) is 84.5 cm³/mol. The van der Waals surface area contributed by atoms with Crippen molar-refractivity contribution in [3.63, 3.8) is 0 Å². The molecule has 0 aliphatic carbocycles. The number of anilines is 1. The van der Waals surface area contributed by atoms with Gasteiger partial charge in [0, 0.05) is 19.6 Å². The average Bonchev–Trinajstić information content (AvgIpc) is 2.41. The maximum Gasteiger partial charge on any atom is 0.175 e. The number of hydrogen-bond donors (Lipinski definition) is 2. The zero-order valence-electron chi connectivity index (χ0n) is 13.2. The van der Waals surface area contributed by atoms with Crippen LogP contribution < -0.4 is 10.6 Å². The van der Waals surface area contributed by atoms with Crippen LogP contribution >= 0.6 is 0 Å². The fourth-order valence-electron chi connectivity index (χ4n) is 2.15. The van der Waals surface area contributed by atoms with Crippen molar-refractivity contribution < 1.29 is 9.60 Å². The monoisotopic (exact) mass is 296 g/mol. The van der Waals surface area contributed by atoms with Crippen LogP contribution in [0.1, 0.15) is 19.4 Å². The molecule has 118 valence electrons. The highest BCUT2D eigenvalue weighted by molar-refractivity contribution is 6.02. The lowest BCUT2D eigenvalue weighted by Crippen LogP contribution is -2.36. The summed E-state index contributed by atoms with van der Waals surface area (Å²) in [6.07, 6.45) is 0. The normalized spacial score (nSPS) is 12.2. The molecule has 3 N–H and O–H groups in total. The first kappa shape index (κ1) is 17.2. The second-order valence-corrected chi connectivity index (χ2v) is 5.76. The Morgan fingerprint density at radius 2 is 2.00 bits per heavy atom. The van der Waals surface area contributed by atoms with Crippen molar-refractivity contribution in [1.29, 1.82) is 0 Å². The lowest BCUT2D eigenvalue weighted by molar-refractivity contribution is 0.318. The third-order valence-corrected chi connectivity index (χ3v) is 3.10. The minimum Gasteiger partial charge on any atom is -0.409 e. The largest absolute Gasteiger partial charge is 0.409 e. The molecule has 0 aliphatic heterocycles. The summed E-state index contributed by atoms with van der Waals surface area (Å²) < 4.78 is 14.1. The Morgan fingerprint density at radius 1 is 1.33 bits per heavy atom. The third-order valence-electron chi connectivity index (χ3n) is 3.10. The molecule has 0 bridgehead atoms. The Kier molecular flexibility index (Phi) is 6.42. The SMILES string of the molecule is CC(C)CN(CCN(C)C)c1cccc(F)c1C(N)=NO. The van der Waals surface area contributed by atoms with E-state index in [4.69, 9.17) is 10.9 Å². The standard InChI is InChI=1S/C15H25FN4O/c1-11(2)10-20(9-8-19(3)4)13-7-5-6-12(16)14(13)15(17)18-21/h5-7,11,21H,8-10H2,1-4H3,(H2,17,18).